The third kappa shape index (κ3) is 4.86. The highest BCUT2D eigenvalue weighted by molar-refractivity contribution is 6.35. The van der Waals surface area contributed by atoms with E-state index in [1.54, 1.807) is 49.5 Å². The van der Waals surface area contributed by atoms with Crippen molar-refractivity contribution < 1.29 is 28.5 Å². The predicted octanol–water partition coefficient (Wildman–Crippen LogP) is 4.67. The summed E-state index contributed by atoms with van der Waals surface area (Å²) in [6.07, 6.45) is 0.668. The zero-order valence-electron chi connectivity index (χ0n) is 18.1. The van der Waals surface area contributed by atoms with Crippen LogP contribution < -0.4 is 19.5 Å². The molecular weight excluding hydrogens is 436 g/mol. The Morgan fingerprint density at radius 3 is 2.53 bits per heavy atom. The number of carbonyl (C=O) groups is 2. The van der Waals surface area contributed by atoms with Gasteiger partial charge in [0.2, 0.25) is 5.91 Å². The molecule has 1 atom stereocenters. The van der Waals surface area contributed by atoms with Crippen molar-refractivity contribution in [1.29, 1.82) is 0 Å². The number of hydrogen-bond acceptors (Lipinski definition) is 7. The number of rotatable bonds is 7. The fraction of sp³-hybridized carbons (Fsp3) is 0.261. The molecule has 32 heavy (non-hydrogen) atoms. The van der Waals surface area contributed by atoms with Gasteiger partial charge < -0.3 is 24.3 Å². The van der Waals surface area contributed by atoms with Crippen molar-refractivity contribution in [2.45, 2.75) is 19.9 Å². The third-order valence-corrected chi connectivity index (χ3v) is 4.98. The maximum atomic E-state index is 12.2. The van der Waals surface area contributed by atoms with Crippen LogP contribution in [0.2, 0.25) is 5.02 Å². The van der Waals surface area contributed by atoms with Gasteiger partial charge >= 0.3 is 6.16 Å². The highest BCUT2D eigenvalue weighted by Crippen LogP contribution is 2.41. The number of ether oxygens (including phenoxy) is 4. The fourth-order valence-corrected chi connectivity index (χ4v) is 3.59. The Bertz CT molecular complexity index is 1150. The van der Waals surface area contributed by atoms with E-state index in [9.17, 15) is 9.59 Å². The minimum atomic E-state index is -0.892. The molecule has 0 spiro atoms. The van der Waals surface area contributed by atoms with Crippen LogP contribution >= 0.6 is 11.6 Å². The molecule has 0 saturated heterocycles. The summed E-state index contributed by atoms with van der Waals surface area (Å²) in [7, 11) is 3.05. The van der Waals surface area contributed by atoms with E-state index in [1.165, 1.54) is 21.1 Å². The summed E-state index contributed by atoms with van der Waals surface area (Å²) in [6.45, 7) is 3.20. The van der Waals surface area contributed by atoms with Crippen LogP contribution in [-0.2, 0) is 9.53 Å². The first-order valence-corrected chi connectivity index (χ1v) is 10.2. The van der Waals surface area contributed by atoms with Gasteiger partial charge in [-0.25, -0.2) is 4.79 Å². The van der Waals surface area contributed by atoms with Crippen LogP contribution in [-0.4, -0.2) is 37.9 Å². The molecule has 9 heteroatoms. The summed E-state index contributed by atoms with van der Waals surface area (Å²) in [5.41, 5.74) is 1.44. The first-order chi connectivity index (χ1) is 15.4. The van der Waals surface area contributed by atoms with E-state index >= 15 is 0 Å². The molecule has 1 unspecified atom stereocenters. The van der Waals surface area contributed by atoms with Crippen LogP contribution in [0.25, 0.3) is 10.9 Å². The maximum Gasteiger partial charge on any atom is 0.513 e. The predicted molar refractivity (Wildman–Crippen MR) is 120 cm³/mol. The molecule has 8 nitrogen and oxygen atoms in total. The molecule has 168 valence electrons. The number of benzene rings is 2. The fourth-order valence-electron chi connectivity index (χ4n) is 3.32. The molecule has 0 fully saturated rings. The van der Waals surface area contributed by atoms with Crippen molar-refractivity contribution >= 4 is 34.6 Å². The number of methoxy groups -OCH3 is 2. The standard InChI is InChI=1S/C23H23ClN2O6/c1-5-31-23(28)32-22-16(12-17(24)15-7-6-10-25-21(15)22)20(26-13(2)27)14-8-9-18(29-3)19(11-14)30-4/h6-12,20H,5H2,1-4H3,(H,26,27). The van der Waals surface area contributed by atoms with Gasteiger partial charge in [0, 0.05) is 24.1 Å². The molecule has 2 aromatic carbocycles. The van der Waals surface area contributed by atoms with E-state index in [0.29, 0.717) is 38.6 Å². The highest BCUT2D eigenvalue weighted by Gasteiger charge is 2.26. The lowest BCUT2D eigenvalue weighted by molar-refractivity contribution is -0.119. The minimum Gasteiger partial charge on any atom is -0.493 e. The van der Waals surface area contributed by atoms with Crippen LogP contribution in [0.3, 0.4) is 0 Å². The first-order valence-electron chi connectivity index (χ1n) is 9.80. The molecule has 3 rings (SSSR count). The largest absolute Gasteiger partial charge is 0.513 e. The van der Waals surface area contributed by atoms with Crippen LogP contribution in [0.1, 0.15) is 31.0 Å². The summed E-state index contributed by atoms with van der Waals surface area (Å²) in [6, 6.07) is 9.60. The molecule has 0 saturated carbocycles. The van der Waals surface area contributed by atoms with Crippen molar-refractivity contribution in [1.82, 2.24) is 10.3 Å². The SMILES string of the molecule is CCOC(=O)Oc1c(C(NC(C)=O)c2ccc(OC)c(OC)c2)cc(Cl)c2cccnc12. The van der Waals surface area contributed by atoms with Crippen LogP contribution in [0.5, 0.6) is 17.2 Å². The second kappa shape index (κ2) is 10.2. The third-order valence-electron chi connectivity index (χ3n) is 4.67. The summed E-state index contributed by atoms with van der Waals surface area (Å²) < 4.78 is 21.2. The molecule has 1 amide bonds. The summed E-state index contributed by atoms with van der Waals surface area (Å²) in [5.74, 6) is 0.832. The molecule has 0 aliphatic heterocycles. The van der Waals surface area contributed by atoms with Gasteiger partial charge in [0.05, 0.1) is 31.9 Å². The number of halogens is 1. The Kier molecular flexibility index (Phi) is 7.37. The molecule has 0 bridgehead atoms. The van der Waals surface area contributed by atoms with Crippen LogP contribution in [0.4, 0.5) is 4.79 Å². The number of nitrogens with one attached hydrogen (secondary N) is 1. The van der Waals surface area contributed by atoms with E-state index in [2.05, 4.69) is 10.3 Å². The van der Waals surface area contributed by atoms with Crippen LogP contribution in [0.15, 0.2) is 42.6 Å². The minimum absolute atomic E-state index is 0.136. The topological polar surface area (TPSA) is 96.0 Å². The molecule has 1 aromatic heterocycles. The molecule has 1 N–H and O–H groups in total. The molecular formula is C23H23ClN2O6. The van der Waals surface area contributed by atoms with Gasteiger partial charge in [-0.2, -0.15) is 0 Å². The average molecular weight is 459 g/mol. The Balaban J connectivity index is 2.26. The van der Waals surface area contributed by atoms with Crippen molar-refractivity contribution in [2.75, 3.05) is 20.8 Å². The van der Waals surface area contributed by atoms with Crippen molar-refractivity contribution in [3.63, 3.8) is 0 Å². The normalized spacial score (nSPS) is 11.5. The molecule has 0 aliphatic rings. The van der Waals surface area contributed by atoms with Gasteiger partial charge in [-0.3, -0.25) is 9.78 Å². The number of carbonyl (C=O) groups excluding carboxylic acids is 2. The van der Waals surface area contributed by atoms with Gasteiger partial charge in [-0.1, -0.05) is 17.7 Å². The lowest BCUT2D eigenvalue weighted by Crippen LogP contribution is -2.28. The Labute approximate surface area is 190 Å². The van der Waals surface area contributed by atoms with E-state index in [0.717, 1.165) is 0 Å². The molecule has 0 aliphatic carbocycles. The monoisotopic (exact) mass is 458 g/mol. The lowest BCUT2D eigenvalue weighted by Gasteiger charge is -2.23. The number of aromatic nitrogens is 1. The second-order valence-electron chi connectivity index (χ2n) is 6.71. The number of amides is 1. The second-order valence-corrected chi connectivity index (χ2v) is 7.12. The maximum absolute atomic E-state index is 12.2. The Morgan fingerprint density at radius 1 is 1.12 bits per heavy atom. The Morgan fingerprint density at radius 2 is 1.88 bits per heavy atom. The number of pyridine rings is 1. The van der Waals surface area contributed by atoms with Gasteiger partial charge in [0.15, 0.2) is 17.2 Å². The smallest absolute Gasteiger partial charge is 0.493 e. The van der Waals surface area contributed by atoms with Crippen LogP contribution in [0, 0.1) is 0 Å². The van der Waals surface area contributed by atoms with Crippen molar-refractivity contribution in [3.05, 3.63) is 58.7 Å². The summed E-state index contributed by atoms with van der Waals surface area (Å²) in [5, 5.41) is 3.86. The summed E-state index contributed by atoms with van der Waals surface area (Å²) >= 11 is 6.54. The zero-order chi connectivity index (χ0) is 23.3. The van der Waals surface area contributed by atoms with Gasteiger partial charge in [-0.05, 0) is 42.8 Å². The number of hydrogen-bond donors (Lipinski definition) is 1. The summed E-state index contributed by atoms with van der Waals surface area (Å²) in [4.78, 5) is 28.7. The molecule has 3 aromatic rings. The first kappa shape index (κ1) is 23.1. The average Bonchev–Trinajstić information content (AvgIpc) is 2.79. The van der Waals surface area contributed by atoms with Crippen molar-refractivity contribution in [3.8, 4) is 17.2 Å². The quantitative estimate of drug-likeness (QED) is 0.406. The zero-order valence-corrected chi connectivity index (χ0v) is 18.9. The molecule has 1 heterocycles. The van der Waals surface area contributed by atoms with Gasteiger partial charge in [0.1, 0.15) is 5.52 Å². The van der Waals surface area contributed by atoms with E-state index in [4.69, 9.17) is 30.5 Å². The Hall–Kier alpha value is -3.52. The van der Waals surface area contributed by atoms with Crippen molar-refractivity contribution in [2.24, 2.45) is 0 Å². The van der Waals surface area contributed by atoms with E-state index in [-0.39, 0.29) is 18.3 Å². The van der Waals surface area contributed by atoms with E-state index < -0.39 is 12.2 Å². The molecule has 0 radical (unpaired) electrons. The number of fused-ring (bicyclic) bond motifs is 1. The van der Waals surface area contributed by atoms with Gasteiger partial charge in [-0.15, -0.1) is 0 Å². The number of nitrogens with zero attached hydrogens (tertiary/aromatic N) is 1. The highest BCUT2D eigenvalue weighted by atomic mass is 35.5. The lowest BCUT2D eigenvalue weighted by atomic mass is 9.95. The van der Waals surface area contributed by atoms with Gasteiger partial charge in [0.25, 0.3) is 0 Å². The van der Waals surface area contributed by atoms with E-state index in [1.807, 2.05) is 0 Å².